The molecule has 20 heavy (non-hydrogen) atoms. The van der Waals surface area contributed by atoms with Crippen molar-refractivity contribution in [3.8, 4) is 0 Å². The lowest BCUT2D eigenvalue weighted by molar-refractivity contribution is -0.137. The minimum Gasteiger partial charge on any atom is -0.444 e. The number of nitrogens with one attached hydrogen (secondary N) is 1. The molecule has 0 bridgehead atoms. The number of hydrogen-bond acceptors (Lipinski definition) is 2. The van der Waals surface area contributed by atoms with Gasteiger partial charge < -0.3 is 4.74 Å². The maximum Gasteiger partial charge on any atom is 0.417 e. The van der Waals surface area contributed by atoms with Gasteiger partial charge in [-0.1, -0.05) is 11.6 Å². The van der Waals surface area contributed by atoms with Gasteiger partial charge >= 0.3 is 12.3 Å². The van der Waals surface area contributed by atoms with Gasteiger partial charge in [0.15, 0.2) is 0 Å². The van der Waals surface area contributed by atoms with Crippen molar-refractivity contribution in [1.82, 2.24) is 0 Å². The lowest BCUT2D eigenvalue weighted by Crippen LogP contribution is -2.27. The number of amides is 1. The van der Waals surface area contributed by atoms with Gasteiger partial charge in [0.05, 0.1) is 16.3 Å². The van der Waals surface area contributed by atoms with Gasteiger partial charge in [-0.25, -0.2) is 4.79 Å². The van der Waals surface area contributed by atoms with Gasteiger partial charge in [-0.15, -0.1) is 0 Å². The SMILES string of the molecule is CC(C)(C)OC(=O)Nc1cc(C(F)(F)F)c(Cl)cc1Br. The van der Waals surface area contributed by atoms with Gasteiger partial charge in [0.1, 0.15) is 5.60 Å². The third kappa shape index (κ3) is 4.86. The van der Waals surface area contributed by atoms with Crippen molar-refractivity contribution in [3.05, 3.63) is 27.2 Å². The first-order valence-corrected chi connectivity index (χ1v) is 6.63. The number of alkyl halides is 3. The van der Waals surface area contributed by atoms with Crippen molar-refractivity contribution in [3.63, 3.8) is 0 Å². The molecule has 1 N–H and O–H groups in total. The van der Waals surface area contributed by atoms with Crippen LogP contribution in [0.15, 0.2) is 16.6 Å². The average Bonchev–Trinajstić information content (AvgIpc) is 2.17. The highest BCUT2D eigenvalue weighted by molar-refractivity contribution is 9.10. The molecular weight excluding hydrogens is 362 g/mol. The number of halogens is 5. The van der Waals surface area contributed by atoms with Crippen LogP contribution in [-0.4, -0.2) is 11.7 Å². The lowest BCUT2D eigenvalue weighted by atomic mass is 10.2. The van der Waals surface area contributed by atoms with E-state index in [1.165, 1.54) is 0 Å². The average molecular weight is 375 g/mol. The second-order valence-corrected chi connectivity index (χ2v) is 6.20. The van der Waals surface area contributed by atoms with E-state index in [4.69, 9.17) is 16.3 Å². The van der Waals surface area contributed by atoms with Crippen molar-refractivity contribution >= 4 is 39.3 Å². The smallest absolute Gasteiger partial charge is 0.417 e. The molecule has 1 amide bonds. The summed E-state index contributed by atoms with van der Waals surface area (Å²) in [5.74, 6) is 0. The highest BCUT2D eigenvalue weighted by Gasteiger charge is 2.34. The fourth-order valence-electron chi connectivity index (χ4n) is 1.28. The molecule has 0 spiro atoms. The maximum atomic E-state index is 12.7. The zero-order valence-corrected chi connectivity index (χ0v) is 13.2. The normalized spacial score (nSPS) is 12.2. The number of ether oxygens (including phenoxy) is 1. The molecule has 0 unspecified atom stereocenters. The number of anilines is 1. The lowest BCUT2D eigenvalue weighted by Gasteiger charge is -2.20. The third-order valence-corrected chi connectivity index (χ3v) is 2.97. The summed E-state index contributed by atoms with van der Waals surface area (Å²) < 4.78 is 43.4. The molecule has 1 aromatic carbocycles. The molecule has 0 saturated heterocycles. The Bertz CT molecular complexity index is 527. The van der Waals surface area contributed by atoms with E-state index in [2.05, 4.69) is 21.2 Å². The summed E-state index contributed by atoms with van der Waals surface area (Å²) in [7, 11) is 0. The summed E-state index contributed by atoms with van der Waals surface area (Å²) >= 11 is 8.57. The Morgan fingerprint density at radius 3 is 2.30 bits per heavy atom. The van der Waals surface area contributed by atoms with Crippen LogP contribution < -0.4 is 5.32 Å². The van der Waals surface area contributed by atoms with Gasteiger partial charge in [-0.3, -0.25) is 5.32 Å². The molecule has 0 aliphatic rings. The molecule has 0 saturated carbocycles. The fourth-order valence-corrected chi connectivity index (χ4v) is 2.12. The molecule has 0 aliphatic heterocycles. The molecule has 8 heteroatoms. The van der Waals surface area contributed by atoms with Crippen LogP contribution in [0.5, 0.6) is 0 Å². The zero-order valence-electron chi connectivity index (χ0n) is 10.9. The van der Waals surface area contributed by atoms with Crippen LogP contribution in [0, 0.1) is 0 Å². The minimum absolute atomic E-state index is 0.0732. The number of rotatable bonds is 1. The van der Waals surface area contributed by atoms with Crippen LogP contribution in [-0.2, 0) is 10.9 Å². The highest BCUT2D eigenvalue weighted by atomic mass is 79.9. The summed E-state index contributed by atoms with van der Waals surface area (Å²) in [6.45, 7) is 4.93. The van der Waals surface area contributed by atoms with E-state index in [0.717, 1.165) is 12.1 Å². The molecule has 3 nitrogen and oxygen atoms in total. The van der Waals surface area contributed by atoms with Gasteiger partial charge in [-0.2, -0.15) is 13.2 Å². The summed E-state index contributed by atoms with van der Waals surface area (Å²) in [5, 5.41) is 1.78. The topological polar surface area (TPSA) is 38.3 Å². The predicted molar refractivity (Wildman–Crippen MR) is 74.0 cm³/mol. The van der Waals surface area contributed by atoms with Crippen molar-refractivity contribution in [2.24, 2.45) is 0 Å². The summed E-state index contributed by atoms with van der Waals surface area (Å²) in [6.07, 6.45) is -5.46. The van der Waals surface area contributed by atoms with Crippen LogP contribution in [0.4, 0.5) is 23.7 Å². The highest BCUT2D eigenvalue weighted by Crippen LogP contribution is 2.39. The monoisotopic (exact) mass is 373 g/mol. The zero-order chi connectivity index (χ0) is 15.7. The second kappa shape index (κ2) is 5.81. The first kappa shape index (κ1) is 17.1. The molecule has 0 aliphatic carbocycles. The van der Waals surface area contributed by atoms with Crippen LogP contribution in [0.1, 0.15) is 26.3 Å². The number of hydrogen-bond donors (Lipinski definition) is 1. The van der Waals surface area contributed by atoms with E-state index in [1.807, 2.05) is 0 Å². The van der Waals surface area contributed by atoms with Gasteiger partial charge in [0.2, 0.25) is 0 Å². The maximum absolute atomic E-state index is 12.7. The Hall–Kier alpha value is -0.950. The van der Waals surface area contributed by atoms with Crippen LogP contribution in [0.25, 0.3) is 0 Å². The minimum atomic E-state index is -4.61. The van der Waals surface area contributed by atoms with E-state index in [9.17, 15) is 18.0 Å². The van der Waals surface area contributed by atoms with Crippen LogP contribution in [0.2, 0.25) is 5.02 Å². The molecule has 1 aromatic rings. The van der Waals surface area contributed by atoms with E-state index >= 15 is 0 Å². The first-order valence-electron chi connectivity index (χ1n) is 5.46. The van der Waals surface area contributed by atoms with Crippen molar-refractivity contribution in [2.45, 2.75) is 32.5 Å². The van der Waals surface area contributed by atoms with Gasteiger partial charge in [0.25, 0.3) is 0 Å². The Morgan fingerprint density at radius 1 is 1.30 bits per heavy atom. The van der Waals surface area contributed by atoms with Crippen molar-refractivity contribution < 1.29 is 22.7 Å². The molecular formula is C12H12BrClF3NO2. The third-order valence-electron chi connectivity index (χ3n) is 2.00. The molecule has 0 heterocycles. The van der Waals surface area contributed by atoms with Crippen LogP contribution >= 0.6 is 27.5 Å². The summed E-state index contributed by atoms with van der Waals surface area (Å²) in [6, 6.07) is 1.81. The van der Waals surface area contributed by atoms with Crippen molar-refractivity contribution in [2.75, 3.05) is 5.32 Å². The molecule has 0 radical (unpaired) electrons. The Balaban J connectivity index is 3.05. The Kier molecular flexibility index (Phi) is 4.97. The number of benzene rings is 1. The first-order chi connectivity index (χ1) is 8.90. The quantitative estimate of drug-likeness (QED) is 0.708. The Morgan fingerprint density at radius 2 is 1.85 bits per heavy atom. The second-order valence-electron chi connectivity index (χ2n) is 4.94. The summed E-state index contributed by atoms with van der Waals surface area (Å²) in [5.41, 5.74) is -1.86. The van der Waals surface area contributed by atoms with Gasteiger partial charge in [0, 0.05) is 4.47 Å². The van der Waals surface area contributed by atoms with E-state index in [1.54, 1.807) is 20.8 Å². The number of carbonyl (C=O) groups excluding carboxylic acids is 1. The summed E-state index contributed by atoms with van der Waals surface area (Å²) in [4.78, 5) is 11.6. The Labute approximate surface area is 127 Å². The fraction of sp³-hybridized carbons (Fsp3) is 0.417. The predicted octanol–water partition coefficient (Wildman–Crippen LogP) is 5.47. The molecule has 1 rings (SSSR count). The van der Waals surface area contributed by atoms with Crippen LogP contribution in [0.3, 0.4) is 0 Å². The molecule has 112 valence electrons. The van der Waals surface area contributed by atoms with E-state index in [-0.39, 0.29) is 10.2 Å². The number of carbonyl (C=O) groups is 1. The van der Waals surface area contributed by atoms with E-state index in [0.29, 0.717) is 0 Å². The molecule has 0 atom stereocenters. The standard InChI is InChI=1S/C12H12BrClF3NO2/c1-11(2,3)20-10(19)18-9-4-6(12(15,16)17)8(14)5-7(9)13/h4-5H,1-3H3,(H,18,19). The van der Waals surface area contributed by atoms with E-state index < -0.39 is 28.5 Å². The molecule has 0 aromatic heterocycles. The largest absolute Gasteiger partial charge is 0.444 e. The van der Waals surface area contributed by atoms with Gasteiger partial charge in [-0.05, 0) is 48.8 Å². The molecule has 0 fully saturated rings. The van der Waals surface area contributed by atoms with Crippen molar-refractivity contribution in [1.29, 1.82) is 0 Å².